The summed E-state index contributed by atoms with van der Waals surface area (Å²) < 4.78 is 10.6. The number of carbonyl (C=O) groups is 1. The molecule has 0 radical (unpaired) electrons. The highest BCUT2D eigenvalue weighted by Crippen LogP contribution is 2.34. The van der Waals surface area contributed by atoms with Crippen LogP contribution in [-0.4, -0.2) is 26.3 Å². The molecule has 0 atom stereocenters. The lowest BCUT2D eigenvalue weighted by molar-refractivity contribution is -0.116. The summed E-state index contributed by atoms with van der Waals surface area (Å²) in [5.41, 5.74) is 1.70. The molecule has 2 aromatic carbocycles. The molecule has 2 aromatic rings. The van der Waals surface area contributed by atoms with Crippen molar-refractivity contribution in [1.29, 1.82) is 0 Å². The van der Waals surface area contributed by atoms with Crippen LogP contribution in [0.3, 0.4) is 0 Å². The van der Waals surface area contributed by atoms with Crippen molar-refractivity contribution in [3.05, 3.63) is 48.5 Å². The third-order valence-electron chi connectivity index (χ3n) is 3.33. The van der Waals surface area contributed by atoms with Crippen LogP contribution in [0.15, 0.2) is 48.5 Å². The van der Waals surface area contributed by atoms with Crippen LogP contribution >= 0.6 is 0 Å². The number of anilines is 2. The predicted octanol–water partition coefficient (Wildman–Crippen LogP) is 2.49. The molecule has 0 bridgehead atoms. The highest BCUT2D eigenvalue weighted by atomic mass is 16.7. The van der Waals surface area contributed by atoms with Crippen molar-refractivity contribution in [3.8, 4) is 11.5 Å². The minimum atomic E-state index is -0.0149. The van der Waals surface area contributed by atoms with Gasteiger partial charge in [0.05, 0.1) is 6.54 Å². The van der Waals surface area contributed by atoms with E-state index in [1.165, 1.54) is 0 Å². The standard InChI is InChI=1S/C16H16N2O3/c1-18(13-5-3-2-4-6-13)16(19)10-17-12-7-8-14-15(9-12)21-11-20-14/h2-9,17H,10-11H2,1H3. The number of nitrogens with zero attached hydrogens (tertiary/aromatic N) is 1. The normalized spacial score (nSPS) is 12.0. The second-order valence-corrected chi connectivity index (χ2v) is 4.71. The molecule has 108 valence electrons. The number of fused-ring (bicyclic) bond motifs is 1. The van der Waals surface area contributed by atoms with Gasteiger partial charge in [0.2, 0.25) is 12.7 Å². The van der Waals surface area contributed by atoms with E-state index in [2.05, 4.69) is 5.32 Å². The molecule has 0 aromatic heterocycles. The Morgan fingerprint density at radius 2 is 1.90 bits per heavy atom. The Morgan fingerprint density at radius 3 is 2.71 bits per heavy atom. The fourth-order valence-corrected chi connectivity index (χ4v) is 2.10. The number of likely N-dealkylation sites (N-methyl/N-ethyl adjacent to an activating group) is 1. The van der Waals surface area contributed by atoms with Crippen LogP contribution < -0.4 is 19.7 Å². The number of hydrogen-bond donors (Lipinski definition) is 1. The summed E-state index contributed by atoms with van der Waals surface area (Å²) in [7, 11) is 1.76. The molecule has 1 amide bonds. The van der Waals surface area contributed by atoms with E-state index in [9.17, 15) is 4.79 Å². The van der Waals surface area contributed by atoms with Crippen LogP contribution in [0.2, 0.25) is 0 Å². The van der Waals surface area contributed by atoms with Gasteiger partial charge in [-0.05, 0) is 24.3 Å². The van der Waals surface area contributed by atoms with E-state index >= 15 is 0 Å². The maximum Gasteiger partial charge on any atom is 0.246 e. The number of hydrogen-bond acceptors (Lipinski definition) is 4. The molecule has 0 saturated heterocycles. The van der Waals surface area contributed by atoms with Gasteiger partial charge in [0.25, 0.3) is 0 Å². The van der Waals surface area contributed by atoms with Crippen LogP contribution in [0.5, 0.6) is 11.5 Å². The Bertz CT molecular complexity index is 643. The number of ether oxygens (including phenoxy) is 2. The Labute approximate surface area is 123 Å². The smallest absolute Gasteiger partial charge is 0.246 e. The van der Waals surface area contributed by atoms with Crippen molar-refractivity contribution < 1.29 is 14.3 Å². The Morgan fingerprint density at radius 1 is 1.14 bits per heavy atom. The molecule has 1 aliphatic rings. The lowest BCUT2D eigenvalue weighted by Crippen LogP contribution is -2.32. The van der Waals surface area contributed by atoms with Gasteiger partial charge in [-0.15, -0.1) is 0 Å². The Kier molecular flexibility index (Phi) is 3.64. The maximum absolute atomic E-state index is 12.2. The highest BCUT2D eigenvalue weighted by molar-refractivity contribution is 5.95. The molecule has 0 fully saturated rings. The molecule has 0 aliphatic carbocycles. The molecule has 1 aliphatic heterocycles. The monoisotopic (exact) mass is 284 g/mol. The summed E-state index contributed by atoms with van der Waals surface area (Å²) >= 11 is 0. The lowest BCUT2D eigenvalue weighted by Gasteiger charge is -2.18. The second-order valence-electron chi connectivity index (χ2n) is 4.71. The number of rotatable bonds is 4. The topological polar surface area (TPSA) is 50.8 Å². The second kappa shape index (κ2) is 5.75. The molecule has 3 rings (SSSR count). The largest absolute Gasteiger partial charge is 0.454 e. The fourth-order valence-electron chi connectivity index (χ4n) is 2.10. The number of para-hydroxylation sites is 1. The van der Waals surface area contributed by atoms with Gasteiger partial charge >= 0.3 is 0 Å². The van der Waals surface area contributed by atoms with E-state index in [-0.39, 0.29) is 19.2 Å². The molecule has 1 N–H and O–H groups in total. The van der Waals surface area contributed by atoms with Crippen molar-refractivity contribution in [2.75, 3.05) is 30.6 Å². The third kappa shape index (κ3) is 2.91. The first-order valence-electron chi connectivity index (χ1n) is 6.69. The molecule has 5 heteroatoms. The van der Waals surface area contributed by atoms with Crippen molar-refractivity contribution in [1.82, 2.24) is 0 Å². The van der Waals surface area contributed by atoms with E-state index in [0.717, 1.165) is 17.1 Å². The zero-order valence-corrected chi connectivity index (χ0v) is 11.7. The van der Waals surface area contributed by atoms with Crippen molar-refractivity contribution in [3.63, 3.8) is 0 Å². The molecule has 0 spiro atoms. The summed E-state index contributed by atoms with van der Waals surface area (Å²) in [6.07, 6.45) is 0. The van der Waals surface area contributed by atoms with E-state index in [4.69, 9.17) is 9.47 Å². The van der Waals surface area contributed by atoms with E-state index in [1.54, 1.807) is 11.9 Å². The fraction of sp³-hybridized carbons (Fsp3) is 0.188. The molecule has 1 heterocycles. The van der Waals surface area contributed by atoms with Crippen LogP contribution in [-0.2, 0) is 4.79 Å². The quantitative estimate of drug-likeness (QED) is 0.937. The minimum Gasteiger partial charge on any atom is -0.454 e. The van der Waals surface area contributed by atoms with Gasteiger partial charge in [-0.25, -0.2) is 0 Å². The molecular weight excluding hydrogens is 268 g/mol. The van der Waals surface area contributed by atoms with Gasteiger partial charge in [0.1, 0.15) is 0 Å². The highest BCUT2D eigenvalue weighted by Gasteiger charge is 2.14. The van der Waals surface area contributed by atoms with Gasteiger partial charge in [-0.3, -0.25) is 4.79 Å². The van der Waals surface area contributed by atoms with E-state index in [0.29, 0.717) is 5.75 Å². The first-order valence-corrected chi connectivity index (χ1v) is 6.69. The summed E-state index contributed by atoms with van der Waals surface area (Å²) in [4.78, 5) is 13.8. The number of benzene rings is 2. The van der Waals surface area contributed by atoms with Crippen molar-refractivity contribution >= 4 is 17.3 Å². The Balaban J connectivity index is 1.61. The van der Waals surface area contributed by atoms with E-state index < -0.39 is 0 Å². The summed E-state index contributed by atoms with van der Waals surface area (Å²) in [5.74, 6) is 1.41. The summed E-state index contributed by atoms with van der Waals surface area (Å²) in [6, 6.07) is 15.1. The molecular formula is C16H16N2O3. The maximum atomic E-state index is 12.2. The average molecular weight is 284 g/mol. The molecule has 21 heavy (non-hydrogen) atoms. The van der Waals surface area contributed by atoms with Gasteiger partial charge < -0.3 is 19.7 Å². The zero-order chi connectivity index (χ0) is 14.7. The SMILES string of the molecule is CN(C(=O)CNc1ccc2c(c1)OCO2)c1ccccc1. The van der Waals surface area contributed by atoms with Gasteiger partial charge in [0.15, 0.2) is 11.5 Å². The molecule has 0 unspecified atom stereocenters. The summed E-state index contributed by atoms with van der Waals surface area (Å²) in [6.45, 7) is 0.458. The van der Waals surface area contributed by atoms with Crippen molar-refractivity contribution in [2.45, 2.75) is 0 Å². The van der Waals surface area contributed by atoms with Crippen molar-refractivity contribution in [2.24, 2.45) is 0 Å². The Hall–Kier alpha value is -2.69. The zero-order valence-electron chi connectivity index (χ0n) is 11.7. The first kappa shape index (κ1) is 13.3. The predicted molar refractivity (Wildman–Crippen MR) is 80.9 cm³/mol. The van der Waals surface area contributed by atoms with Crippen LogP contribution in [0.4, 0.5) is 11.4 Å². The summed E-state index contributed by atoms with van der Waals surface area (Å²) in [5, 5.41) is 3.10. The van der Waals surface area contributed by atoms with E-state index in [1.807, 2.05) is 48.5 Å². The molecule has 5 nitrogen and oxygen atoms in total. The first-order chi connectivity index (χ1) is 10.2. The van der Waals surface area contributed by atoms with Gasteiger partial charge in [0, 0.05) is 24.5 Å². The van der Waals surface area contributed by atoms with Crippen LogP contribution in [0, 0.1) is 0 Å². The van der Waals surface area contributed by atoms with Crippen LogP contribution in [0.25, 0.3) is 0 Å². The average Bonchev–Trinajstić information content (AvgIpc) is 3.00. The lowest BCUT2D eigenvalue weighted by atomic mass is 10.2. The van der Waals surface area contributed by atoms with Crippen LogP contribution in [0.1, 0.15) is 0 Å². The van der Waals surface area contributed by atoms with Gasteiger partial charge in [-0.2, -0.15) is 0 Å². The number of amides is 1. The molecule has 0 saturated carbocycles. The number of nitrogens with one attached hydrogen (secondary N) is 1. The van der Waals surface area contributed by atoms with Gasteiger partial charge in [-0.1, -0.05) is 18.2 Å². The number of carbonyl (C=O) groups excluding carboxylic acids is 1. The third-order valence-corrected chi connectivity index (χ3v) is 3.33. The minimum absolute atomic E-state index is 0.0149.